The van der Waals surface area contributed by atoms with Gasteiger partial charge in [-0.15, -0.1) is 0 Å². The summed E-state index contributed by atoms with van der Waals surface area (Å²) in [6.07, 6.45) is 0.0943. The molecule has 0 aliphatic carbocycles. The van der Waals surface area contributed by atoms with Crippen LogP contribution in [0.25, 0.3) is 0 Å². The Hall–Kier alpha value is -2.22. The Morgan fingerprint density at radius 2 is 2.00 bits per heavy atom. The van der Waals surface area contributed by atoms with Crippen molar-refractivity contribution >= 4 is 34.4 Å². The first kappa shape index (κ1) is 19.1. The molecule has 2 rings (SSSR count). The molecule has 1 aromatic rings. The summed E-state index contributed by atoms with van der Waals surface area (Å²) in [6, 6.07) is 5.13. The maximum Gasteiger partial charge on any atom is 0.242 e. The van der Waals surface area contributed by atoms with Gasteiger partial charge in [-0.1, -0.05) is 11.8 Å². The molecule has 0 unspecified atom stereocenters. The van der Waals surface area contributed by atoms with Crippen LogP contribution >= 0.6 is 11.8 Å². The number of benzene rings is 1. The van der Waals surface area contributed by atoms with E-state index in [1.807, 2.05) is 13.8 Å². The summed E-state index contributed by atoms with van der Waals surface area (Å²) in [5, 5.41) is 3.05. The molecule has 1 aromatic carbocycles. The van der Waals surface area contributed by atoms with Crippen LogP contribution in [0.5, 0.6) is 11.5 Å². The first-order chi connectivity index (χ1) is 12.0. The van der Waals surface area contributed by atoms with Crippen LogP contribution in [0.15, 0.2) is 23.2 Å². The van der Waals surface area contributed by atoms with E-state index in [2.05, 4.69) is 10.3 Å². The third-order valence-electron chi connectivity index (χ3n) is 3.67. The van der Waals surface area contributed by atoms with Gasteiger partial charge in [-0.2, -0.15) is 0 Å². The molecule has 8 heteroatoms. The highest BCUT2D eigenvalue weighted by molar-refractivity contribution is 8.15. The molecule has 1 saturated heterocycles. The average Bonchev–Trinajstić information content (AvgIpc) is 2.89. The van der Waals surface area contributed by atoms with Gasteiger partial charge in [0.05, 0.1) is 14.2 Å². The Morgan fingerprint density at radius 1 is 1.28 bits per heavy atom. The normalized spacial score (nSPS) is 18.6. The SMILES string of the molecule is CCN=C1S[C@@H](CC(=O)Nc2ccc(OC)c(OC)c2)C(=O)N1CC. The van der Waals surface area contributed by atoms with Crippen molar-refractivity contribution in [1.82, 2.24) is 4.90 Å². The van der Waals surface area contributed by atoms with Gasteiger partial charge in [0.15, 0.2) is 16.7 Å². The van der Waals surface area contributed by atoms with E-state index in [0.29, 0.717) is 35.4 Å². The van der Waals surface area contributed by atoms with Crippen LogP contribution in [0, 0.1) is 0 Å². The van der Waals surface area contributed by atoms with Gasteiger partial charge in [0.25, 0.3) is 0 Å². The Bertz CT molecular complexity index is 678. The number of hydrogen-bond acceptors (Lipinski definition) is 6. The number of amidine groups is 1. The minimum atomic E-state index is -0.439. The summed E-state index contributed by atoms with van der Waals surface area (Å²) in [6.45, 7) is 4.98. The van der Waals surface area contributed by atoms with Crippen molar-refractivity contribution in [2.75, 3.05) is 32.6 Å². The molecule has 25 heavy (non-hydrogen) atoms. The summed E-state index contributed by atoms with van der Waals surface area (Å²) in [5.41, 5.74) is 0.591. The standard InChI is InChI=1S/C17H23N3O4S/c1-5-18-17-20(6-2)16(22)14(25-17)10-15(21)19-11-7-8-12(23-3)13(9-11)24-4/h7-9,14H,5-6,10H2,1-4H3,(H,19,21)/t14-/m0/s1. The molecule has 0 saturated carbocycles. The lowest BCUT2D eigenvalue weighted by atomic mass is 10.2. The molecule has 7 nitrogen and oxygen atoms in total. The second-order valence-corrected chi connectivity index (χ2v) is 6.44. The maximum absolute atomic E-state index is 12.4. The summed E-state index contributed by atoms with van der Waals surface area (Å²) < 4.78 is 10.4. The minimum absolute atomic E-state index is 0.0674. The van der Waals surface area contributed by atoms with Crippen LogP contribution in [0.3, 0.4) is 0 Å². The first-order valence-corrected chi connectivity index (χ1v) is 8.96. The highest BCUT2D eigenvalue weighted by atomic mass is 32.2. The lowest BCUT2D eigenvalue weighted by molar-refractivity contribution is -0.128. The zero-order valence-corrected chi connectivity index (χ0v) is 15.7. The molecular weight excluding hydrogens is 342 g/mol. The third-order valence-corrected chi connectivity index (χ3v) is 4.88. The van der Waals surface area contributed by atoms with Crippen LogP contribution in [-0.2, 0) is 9.59 Å². The van der Waals surface area contributed by atoms with Crippen molar-refractivity contribution in [3.05, 3.63) is 18.2 Å². The highest BCUT2D eigenvalue weighted by Crippen LogP contribution is 2.31. The largest absolute Gasteiger partial charge is 0.493 e. The third kappa shape index (κ3) is 4.45. The second kappa shape index (κ2) is 8.75. The second-order valence-electron chi connectivity index (χ2n) is 5.27. The predicted molar refractivity (Wildman–Crippen MR) is 99.5 cm³/mol. The predicted octanol–water partition coefficient (Wildman–Crippen LogP) is 2.37. The molecule has 0 radical (unpaired) electrons. The Morgan fingerprint density at radius 3 is 2.60 bits per heavy atom. The number of amides is 2. The van der Waals surface area contributed by atoms with Crippen molar-refractivity contribution in [2.24, 2.45) is 4.99 Å². The maximum atomic E-state index is 12.4. The lowest BCUT2D eigenvalue weighted by Crippen LogP contribution is -2.33. The molecule has 0 spiro atoms. The van der Waals surface area contributed by atoms with Crippen LogP contribution < -0.4 is 14.8 Å². The molecule has 2 amide bonds. The zero-order valence-electron chi connectivity index (χ0n) is 14.9. The molecule has 0 bridgehead atoms. The molecule has 0 aromatic heterocycles. The van der Waals surface area contributed by atoms with Crippen LogP contribution in [0.1, 0.15) is 20.3 Å². The van der Waals surface area contributed by atoms with Gasteiger partial charge in [0.1, 0.15) is 5.25 Å². The number of hydrogen-bond donors (Lipinski definition) is 1. The van der Waals surface area contributed by atoms with Gasteiger partial charge in [-0.05, 0) is 26.0 Å². The van der Waals surface area contributed by atoms with Gasteiger partial charge >= 0.3 is 0 Å². The number of carbonyl (C=O) groups is 2. The Labute approximate surface area is 151 Å². The number of nitrogens with zero attached hydrogens (tertiary/aromatic N) is 2. The summed E-state index contributed by atoms with van der Waals surface area (Å²) in [5.74, 6) is 0.816. The van der Waals surface area contributed by atoms with Gasteiger partial charge < -0.3 is 14.8 Å². The molecular formula is C17H23N3O4S. The summed E-state index contributed by atoms with van der Waals surface area (Å²) >= 11 is 1.35. The molecule has 1 heterocycles. The number of ether oxygens (including phenoxy) is 2. The van der Waals surface area contributed by atoms with Crippen molar-refractivity contribution in [3.63, 3.8) is 0 Å². The first-order valence-electron chi connectivity index (χ1n) is 8.08. The minimum Gasteiger partial charge on any atom is -0.493 e. The number of thioether (sulfide) groups is 1. The van der Waals surface area contributed by atoms with Crippen molar-refractivity contribution in [3.8, 4) is 11.5 Å². The average molecular weight is 365 g/mol. The van der Waals surface area contributed by atoms with Gasteiger partial charge in [0, 0.05) is 31.3 Å². The van der Waals surface area contributed by atoms with Crippen LogP contribution in [0.2, 0.25) is 0 Å². The summed E-state index contributed by atoms with van der Waals surface area (Å²) in [7, 11) is 3.08. The van der Waals surface area contributed by atoms with E-state index in [1.54, 1.807) is 30.2 Å². The number of anilines is 1. The van der Waals surface area contributed by atoms with Crippen molar-refractivity contribution < 1.29 is 19.1 Å². The highest BCUT2D eigenvalue weighted by Gasteiger charge is 2.38. The Balaban J connectivity index is 2.03. The van der Waals surface area contributed by atoms with E-state index in [0.717, 1.165) is 0 Å². The van der Waals surface area contributed by atoms with Crippen LogP contribution in [-0.4, -0.2) is 54.4 Å². The number of methoxy groups -OCH3 is 2. The smallest absolute Gasteiger partial charge is 0.242 e. The van der Waals surface area contributed by atoms with E-state index in [1.165, 1.54) is 18.9 Å². The number of rotatable bonds is 7. The topological polar surface area (TPSA) is 80.2 Å². The van der Waals surface area contributed by atoms with Crippen molar-refractivity contribution in [1.29, 1.82) is 0 Å². The molecule has 1 aliphatic rings. The molecule has 1 aliphatic heterocycles. The fraction of sp³-hybridized carbons (Fsp3) is 0.471. The van der Waals surface area contributed by atoms with E-state index >= 15 is 0 Å². The van der Waals surface area contributed by atoms with Crippen LogP contribution in [0.4, 0.5) is 5.69 Å². The molecule has 1 N–H and O–H groups in total. The summed E-state index contributed by atoms with van der Waals surface area (Å²) in [4.78, 5) is 30.7. The molecule has 1 atom stereocenters. The number of carbonyl (C=O) groups excluding carboxylic acids is 2. The van der Waals surface area contributed by atoms with Gasteiger partial charge in [-0.3, -0.25) is 19.5 Å². The zero-order chi connectivity index (χ0) is 18.4. The van der Waals surface area contributed by atoms with Crippen molar-refractivity contribution in [2.45, 2.75) is 25.5 Å². The Kier molecular flexibility index (Phi) is 6.69. The van der Waals surface area contributed by atoms with E-state index < -0.39 is 5.25 Å². The number of aliphatic imine (C=N–C) groups is 1. The van der Waals surface area contributed by atoms with Gasteiger partial charge in [0.2, 0.25) is 11.8 Å². The number of nitrogens with one attached hydrogen (secondary N) is 1. The van der Waals surface area contributed by atoms with E-state index in [4.69, 9.17) is 9.47 Å². The molecule has 136 valence electrons. The monoisotopic (exact) mass is 365 g/mol. The molecule has 1 fully saturated rings. The van der Waals surface area contributed by atoms with Gasteiger partial charge in [-0.25, -0.2) is 0 Å². The van der Waals surface area contributed by atoms with E-state index in [-0.39, 0.29) is 18.2 Å². The fourth-order valence-corrected chi connectivity index (χ4v) is 3.75. The van der Waals surface area contributed by atoms with E-state index in [9.17, 15) is 9.59 Å². The quantitative estimate of drug-likeness (QED) is 0.802. The fourth-order valence-electron chi connectivity index (χ4n) is 2.48. The lowest BCUT2D eigenvalue weighted by Gasteiger charge is -2.13.